The predicted octanol–water partition coefficient (Wildman–Crippen LogP) is 2.50. The van der Waals surface area contributed by atoms with Gasteiger partial charge in [-0.05, 0) is 17.4 Å². The number of aryl methyl sites for hydroxylation is 1. The zero-order valence-corrected chi connectivity index (χ0v) is 15.9. The fourth-order valence-electron chi connectivity index (χ4n) is 3.01. The van der Waals surface area contributed by atoms with Crippen molar-refractivity contribution in [1.29, 1.82) is 0 Å². The maximum atomic E-state index is 13.0. The molecule has 1 aliphatic rings. The van der Waals surface area contributed by atoms with Crippen LogP contribution in [0.5, 0.6) is 0 Å². The highest BCUT2D eigenvalue weighted by atomic mass is 32.2. The minimum Gasteiger partial charge on any atom is -0.480 e. The van der Waals surface area contributed by atoms with Crippen molar-refractivity contribution >= 4 is 29.4 Å². The lowest BCUT2D eigenvalue weighted by molar-refractivity contribution is -0.146. The summed E-state index contributed by atoms with van der Waals surface area (Å²) in [5.74, 6) is -2.19. The number of ketones is 1. The lowest BCUT2D eigenvalue weighted by Gasteiger charge is -2.42. The van der Waals surface area contributed by atoms with Crippen LogP contribution in [0.25, 0.3) is 0 Å². The van der Waals surface area contributed by atoms with Crippen LogP contribution in [-0.2, 0) is 25.8 Å². The molecule has 0 saturated carbocycles. The molecule has 1 amide bonds. The van der Waals surface area contributed by atoms with E-state index in [0.29, 0.717) is 12.0 Å². The van der Waals surface area contributed by atoms with Crippen LogP contribution in [0.1, 0.15) is 17.5 Å². The second kappa shape index (κ2) is 8.41. The van der Waals surface area contributed by atoms with Crippen LogP contribution in [-0.4, -0.2) is 34.2 Å². The third kappa shape index (κ3) is 4.16. The molecule has 28 heavy (non-hydrogen) atoms. The second-order valence-corrected chi connectivity index (χ2v) is 7.50. The Kier molecular flexibility index (Phi) is 5.96. The van der Waals surface area contributed by atoms with E-state index in [9.17, 15) is 19.5 Å². The average molecular weight is 396 g/mol. The van der Waals surface area contributed by atoms with Gasteiger partial charge in [0.1, 0.15) is 6.54 Å². The Hall–Kier alpha value is -2.90. The zero-order valence-electron chi connectivity index (χ0n) is 15.1. The second-order valence-electron chi connectivity index (χ2n) is 6.41. The van der Waals surface area contributed by atoms with Crippen LogP contribution in [0, 0.1) is 0 Å². The molecule has 0 bridgehead atoms. The molecule has 7 heteroatoms. The van der Waals surface area contributed by atoms with Gasteiger partial charge in [0.25, 0.3) is 5.91 Å². The largest absolute Gasteiger partial charge is 0.480 e. The van der Waals surface area contributed by atoms with Gasteiger partial charge in [-0.1, -0.05) is 72.4 Å². The van der Waals surface area contributed by atoms with E-state index in [1.807, 2.05) is 30.3 Å². The summed E-state index contributed by atoms with van der Waals surface area (Å²) in [7, 11) is 0. The van der Waals surface area contributed by atoms with E-state index in [1.165, 1.54) is 5.41 Å². The molecule has 1 heterocycles. The first kappa shape index (κ1) is 19.9. The van der Waals surface area contributed by atoms with Gasteiger partial charge in [0.05, 0.1) is 5.57 Å². The summed E-state index contributed by atoms with van der Waals surface area (Å²) in [6, 6.07) is 18.3. The van der Waals surface area contributed by atoms with Crippen molar-refractivity contribution in [3.05, 3.63) is 82.8 Å². The molecule has 0 fully saturated rings. The van der Waals surface area contributed by atoms with Crippen LogP contribution in [0.15, 0.2) is 71.6 Å². The Labute approximate surface area is 167 Å². The summed E-state index contributed by atoms with van der Waals surface area (Å²) in [5.41, 5.74) is 7.99. The smallest absolute Gasteiger partial charge is 0.323 e. The van der Waals surface area contributed by atoms with Crippen LogP contribution in [0.2, 0.25) is 0 Å². The molecule has 1 atom stereocenters. The summed E-state index contributed by atoms with van der Waals surface area (Å²) in [5, 5.41) is 10.7. The topological polar surface area (TPSA) is 101 Å². The minimum atomic E-state index is -1.39. The molecule has 0 spiro atoms. The van der Waals surface area contributed by atoms with Gasteiger partial charge in [-0.15, -0.1) is 0 Å². The number of hydrogen-bond donors (Lipinski definition) is 2. The molecule has 2 aromatic carbocycles. The molecule has 0 aromatic heterocycles. The SMILES string of the molecule is NC1(c2ccccc2)SC=C(C(=O)CCc2ccccc2)C(=O)N1CC(=O)O. The molecular weight excluding hydrogens is 376 g/mol. The number of nitrogens with two attached hydrogens (primary N) is 1. The quantitative estimate of drug-likeness (QED) is 0.698. The van der Waals surface area contributed by atoms with Gasteiger partial charge in [-0.3, -0.25) is 25.0 Å². The van der Waals surface area contributed by atoms with Gasteiger partial charge in [-0.2, -0.15) is 0 Å². The first-order valence-corrected chi connectivity index (χ1v) is 9.63. The van der Waals surface area contributed by atoms with Crippen LogP contribution >= 0.6 is 11.8 Å². The number of benzene rings is 2. The lowest BCUT2D eigenvalue weighted by atomic mass is 10.0. The van der Waals surface area contributed by atoms with Gasteiger partial charge >= 0.3 is 5.97 Å². The highest BCUT2D eigenvalue weighted by Gasteiger charge is 2.44. The standard InChI is InChI=1S/C21H20N2O4S/c22-21(16-9-5-2-6-10-16)23(13-19(25)26)20(27)17(14-28-21)18(24)12-11-15-7-3-1-4-8-15/h1-10,14H,11-13,22H2,(H,25,26). The number of rotatable bonds is 7. The van der Waals surface area contributed by atoms with E-state index in [1.54, 1.807) is 30.3 Å². The van der Waals surface area contributed by atoms with Crippen molar-refractivity contribution in [1.82, 2.24) is 4.90 Å². The molecule has 3 rings (SSSR count). The first-order valence-electron chi connectivity index (χ1n) is 8.75. The number of thioether (sulfide) groups is 1. The monoisotopic (exact) mass is 396 g/mol. The zero-order chi connectivity index (χ0) is 20.1. The Balaban J connectivity index is 1.85. The maximum Gasteiger partial charge on any atom is 0.323 e. The number of carboxylic acid groups (broad SMARTS) is 1. The summed E-state index contributed by atoms with van der Waals surface area (Å²) in [4.78, 5) is 36.6. The van der Waals surface area contributed by atoms with Crippen molar-refractivity contribution in [2.24, 2.45) is 5.73 Å². The molecule has 0 aliphatic carbocycles. The number of hydrogen-bond acceptors (Lipinski definition) is 5. The van der Waals surface area contributed by atoms with Gasteiger partial charge in [-0.25, -0.2) is 0 Å². The average Bonchev–Trinajstić information content (AvgIpc) is 2.71. The summed E-state index contributed by atoms with van der Waals surface area (Å²) in [6.45, 7) is -0.597. The van der Waals surface area contributed by atoms with Crippen molar-refractivity contribution in [2.45, 2.75) is 17.8 Å². The molecule has 1 unspecified atom stereocenters. The maximum absolute atomic E-state index is 13.0. The Morgan fingerprint density at radius 3 is 2.25 bits per heavy atom. The molecule has 3 N–H and O–H groups in total. The number of Topliss-reactive ketones (excluding diaryl/α,β-unsaturated/α-hetero) is 1. The molecular formula is C21H20N2O4S. The van der Waals surface area contributed by atoms with E-state index in [0.717, 1.165) is 22.2 Å². The summed E-state index contributed by atoms with van der Waals surface area (Å²) >= 11 is 1.07. The highest BCUT2D eigenvalue weighted by molar-refractivity contribution is 8.03. The Morgan fingerprint density at radius 1 is 1.04 bits per heavy atom. The van der Waals surface area contributed by atoms with Gasteiger partial charge < -0.3 is 5.11 Å². The summed E-state index contributed by atoms with van der Waals surface area (Å²) in [6.07, 6.45) is 0.659. The predicted molar refractivity (Wildman–Crippen MR) is 107 cm³/mol. The van der Waals surface area contributed by atoms with E-state index < -0.39 is 23.4 Å². The van der Waals surface area contributed by atoms with Crippen LogP contribution in [0.3, 0.4) is 0 Å². The number of aliphatic carboxylic acids is 1. The number of carbonyl (C=O) groups is 3. The van der Waals surface area contributed by atoms with E-state index in [2.05, 4.69) is 0 Å². The van der Waals surface area contributed by atoms with Crippen LogP contribution in [0.4, 0.5) is 0 Å². The van der Waals surface area contributed by atoms with Crippen molar-refractivity contribution in [3.63, 3.8) is 0 Å². The molecule has 0 radical (unpaired) electrons. The third-order valence-corrected chi connectivity index (χ3v) is 5.67. The van der Waals surface area contributed by atoms with E-state index >= 15 is 0 Å². The number of carboxylic acids is 1. The molecule has 6 nitrogen and oxygen atoms in total. The number of carbonyl (C=O) groups excluding carboxylic acids is 2. The highest BCUT2D eigenvalue weighted by Crippen LogP contribution is 2.41. The minimum absolute atomic E-state index is 0.0285. The third-order valence-electron chi connectivity index (χ3n) is 4.50. The van der Waals surface area contributed by atoms with Crippen molar-refractivity contribution in [3.8, 4) is 0 Å². The Morgan fingerprint density at radius 2 is 1.64 bits per heavy atom. The van der Waals surface area contributed by atoms with Crippen molar-refractivity contribution in [2.75, 3.05) is 6.54 Å². The lowest BCUT2D eigenvalue weighted by Crippen LogP contribution is -2.57. The van der Waals surface area contributed by atoms with Gasteiger partial charge in [0.15, 0.2) is 10.8 Å². The summed E-state index contributed by atoms with van der Waals surface area (Å²) < 4.78 is 0. The fourth-order valence-corrected chi connectivity index (χ4v) is 4.08. The van der Waals surface area contributed by atoms with E-state index in [4.69, 9.17) is 5.73 Å². The number of nitrogens with zero attached hydrogens (tertiary/aromatic N) is 1. The molecule has 0 saturated heterocycles. The van der Waals surface area contributed by atoms with E-state index in [-0.39, 0.29) is 17.8 Å². The normalized spacial score (nSPS) is 19.2. The molecule has 2 aromatic rings. The first-order chi connectivity index (χ1) is 13.4. The van der Waals surface area contributed by atoms with Gasteiger partial charge in [0.2, 0.25) is 0 Å². The van der Waals surface area contributed by atoms with Crippen molar-refractivity contribution < 1.29 is 19.5 Å². The molecule has 1 aliphatic heterocycles. The fraction of sp³-hybridized carbons (Fsp3) is 0.190. The van der Waals surface area contributed by atoms with Gasteiger partial charge in [0, 0.05) is 12.0 Å². The van der Waals surface area contributed by atoms with Crippen LogP contribution < -0.4 is 5.73 Å². The Bertz CT molecular complexity index is 915. The molecule has 144 valence electrons. The number of amides is 1.